The first-order valence-corrected chi connectivity index (χ1v) is 19.3. The molecule has 0 unspecified atom stereocenters. The molecule has 0 fully saturated rings. The molecule has 4 heterocycles. The van der Waals surface area contributed by atoms with Crippen molar-refractivity contribution in [3.63, 3.8) is 0 Å². The summed E-state index contributed by atoms with van der Waals surface area (Å²) < 4.78 is 64.8. The predicted octanol–water partition coefficient (Wildman–Crippen LogP) is 13.9. The van der Waals surface area contributed by atoms with Gasteiger partial charge in [-0.05, 0) is 36.4 Å². The molecule has 0 atom stereocenters. The van der Waals surface area contributed by atoms with Crippen molar-refractivity contribution >= 4 is 75.3 Å². The van der Waals surface area contributed by atoms with Gasteiger partial charge in [0.05, 0.1) is 24.9 Å². The molecule has 0 bridgehead atoms. The number of furan rings is 1. The highest BCUT2D eigenvalue weighted by Gasteiger charge is 2.24. The van der Waals surface area contributed by atoms with Crippen LogP contribution in [0.4, 0.5) is 0 Å². The van der Waals surface area contributed by atoms with Crippen LogP contribution >= 0.6 is 11.3 Å². The number of hydrogen-bond acceptors (Lipinski definition) is 5. The van der Waals surface area contributed by atoms with Gasteiger partial charge in [0.1, 0.15) is 11.2 Å². The maximum Gasteiger partial charge on any atom is 0.166 e. The van der Waals surface area contributed by atoms with Gasteiger partial charge in [0.25, 0.3) is 0 Å². The van der Waals surface area contributed by atoms with Gasteiger partial charge in [-0.1, -0.05) is 145 Å². The Balaban J connectivity index is 1.22. The van der Waals surface area contributed by atoms with E-state index in [9.17, 15) is 1.37 Å². The molecule has 0 amide bonds. The standard InChI is InChI=1S/C51H30N4OS/c1-2-14-31(15-3-1)49-52-50(32-28-29-37-36-19-7-11-27-45(36)57-46(37)30-32)54-51(53-49)41-23-12-20-38(40-22-13-21-39-35-18-6-10-26-44(35)56-48(39)40)47(41)55-42-24-8-4-16-33(42)34-17-5-9-25-43(34)55/h1-30H/i6D,13D,18D,21D,22D,26D. The molecule has 0 saturated carbocycles. The van der Waals surface area contributed by atoms with Crippen LogP contribution < -0.4 is 0 Å². The van der Waals surface area contributed by atoms with Crippen molar-refractivity contribution in [1.82, 2.24) is 19.5 Å². The molecule has 12 aromatic rings. The first-order chi connectivity index (χ1) is 30.7. The lowest BCUT2D eigenvalue weighted by atomic mass is 9.97. The Kier molecular flexibility index (Phi) is 5.82. The van der Waals surface area contributed by atoms with Gasteiger partial charge in [-0.2, -0.15) is 0 Å². The Morgan fingerprint density at radius 2 is 1.12 bits per heavy atom. The van der Waals surface area contributed by atoms with Gasteiger partial charge < -0.3 is 8.98 Å². The third-order valence-corrected chi connectivity index (χ3v) is 11.8. The second kappa shape index (κ2) is 12.6. The lowest BCUT2D eigenvalue weighted by Crippen LogP contribution is -2.05. The Morgan fingerprint density at radius 1 is 0.456 bits per heavy atom. The van der Waals surface area contributed by atoms with Crippen LogP contribution in [-0.4, -0.2) is 19.5 Å². The van der Waals surface area contributed by atoms with E-state index in [-0.39, 0.29) is 63.8 Å². The van der Waals surface area contributed by atoms with Crippen LogP contribution in [-0.2, 0) is 0 Å². The normalized spacial score (nSPS) is 13.3. The minimum Gasteiger partial charge on any atom is -0.455 e. The average molecular weight is 753 g/mol. The van der Waals surface area contributed by atoms with Gasteiger partial charge in [0.2, 0.25) is 0 Å². The van der Waals surface area contributed by atoms with Crippen LogP contribution in [0.15, 0.2) is 186 Å². The minimum atomic E-state index is -0.370. The second-order valence-corrected chi connectivity index (χ2v) is 15.0. The summed E-state index contributed by atoms with van der Waals surface area (Å²) in [6.45, 7) is 0. The largest absolute Gasteiger partial charge is 0.455 e. The summed E-state index contributed by atoms with van der Waals surface area (Å²) in [6, 6.07) is 46.1. The topological polar surface area (TPSA) is 56.7 Å². The second-order valence-electron chi connectivity index (χ2n) is 13.9. The number of benzene rings is 8. The molecule has 0 aliphatic rings. The van der Waals surface area contributed by atoms with E-state index in [0.717, 1.165) is 43.0 Å². The third-order valence-electron chi connectivity index (χ3n) is 10.6. The summed E-state index contributed by atoms with van der Waals surface area (Å²) in [4.78, 5) is 15.6. The van der Waals surface area contributed by atoms with Gasteiger partial charge in [0.15, 0.2) is 17.5 Å². The fraction of sp³-hybridized carbons (Fsp3) is 0. The molecule has 0 N–H and O–H groups in total. The predicted molar refractivity (Wildman–Crippen MR) is 236 cm³/mol. The maximum absolute atomic E-state index is 9.55. The van der Waals surface area contributed by atoms with Crippen molar-refractivity contribution in [2.75, 3.05) is 0 Å². The SMILES string of the molecule is [2H]c1cc([2H])c2oc3c(-c4cccc(-c5nc(-c6ccccc6)nc(-c6ccc7c(c6)sc6ccccc67)n5)c4-n4c5ccccc5c5ccccc54)c([2H])c([2H])c([2H])c3c2c1[2H]. The molecular formula is C51H30N4OS. The van der Waals surface area contributed by atoms with Gasteiger partial charge >= 0.3 is 0 Å². The molecule has 266 valence electrons. The first-order valence-electron chi connectivity index (χ1n) is 21.5. The molecule has 0 saturated heterocycles. The van der Waals surface area contributed by atoms with E-state index in [1.807, 2.05) is 97.1 Å². The molecule has 0 aliphatic carbocycles. The van der Waals surface area contributed by atoms with E-state index >= 15 is 0 Å². The van der Waals surface area contributed by atoms with Crippen LogP contribution in [0.2, 0.25) is 0 Å². The molecular weight excluding hydrogens is 717 g/mol. The number of para-hydroxylation sites is 5. The van der Waals surface area contributed by atoms with Crippen molar-refractivity contribution in [3.05, 3.63) is 182 Å². The third kappa shape index (κ3) is 4.98. The molecule has 5 nitrogen and oxygen atoms in total. The summed E-state index contributed by atoms with van der Waals surface area (Å²) in [7, 11) is 0. The Morgan fingerprint density at radius 3 is 1.95 bits per heavy atom. The zero-order valence-corrected chi connectivity index (χ0v) is 30.8. The smallest absolute Gasteiger partial charge is 0.166 e. The van der Waals surface area contributed by atoms with Gasteiger partial charge in [-0.15, -0.1) is 11.3 Å². The molecule has 12 rings (SSSR count). The van der Waals surface area contributed by atoms with Crippen molar-refractivity contribution in [2.24, 2.45) is 0 Å². The Labute approximate surface area is 339 Å². The summed E-state index contributed by atoms with van der Waals surface area (Å²) in [5.41, 5.74) is 5.35. The fourth-order valence-electron chi connectivity index (χ4n) is 8.10. The summed E-state index contributed by atoms with van der Waals surface area (Å²) in [6.07, 6.45) is 0. The molecule has 0 spiro atoms. The molecule has 6 heteroatoms. The van der Waals surface area contributed by atoms with E-state index < -0.39 is 0 Å². The van der Waals surface area contributed by atoms with E-state index in [1.165, 1.54) is 16.2 Å². The zero-order valence-electron chi connectivity index (χ0n) is 36.0. The van der Waals surface area contributed by atoms with E-state index in [0.29, 0.717) is 34.3 Å². The maximum atomic E-state index is 9.55. The van der Waals surface area contributed by atoms with Crippen LogP contribution in [0, 0.1) is 0 Å². The summed E-state index contributed by atoms with van der Waals surface area (Å²) in [5.74, 6) is 1.31. The summed E-state index contributed by atoms with van der Waals surface area (Å²) >= 11 is 1.72. The average Bonchev–Trinajstić information content (AvgIpc) is 4.01. The van der Waals surface area contributed by atoms with E-state index in [1.54, 1.807) is 11.3 Å². The van der Waals surface area contributed by atoms with Gasteiger partial charge in [-0.3, -0.25) is 0 Å². The number of rotatable bonds is 5. The number of nitrogens with zero attached hydrogens (tertiary/aromatic N) is 4. The van der Waals surface area contributed by atoms with Crippen molar-refractivity contribution in [2.45, 2.75) is 0 Å². The minimum absolute atomic E-state index is 0.0190. The first kappa shape index (κ1) is 26.4. The monoisotopic (exact) mass is 752 g/mol. The lowest BCUT2D eigenvalue weighted by molar-refractivity contribution is 0.670. The Bertz CT molecular complexity index is 3840. The molecule has 4 aromatic heterocycles. The van der Waals surface area contributed by atoms with Crippen molar-refractivity contribution in [3.8, 4) is 51.0 Å². The van der Waals surface area contributed by atoms with Crippen molar-refractivity contribution in [1.29, 1.82) is 0 Å². The fourth-order valence-corrected chi connectivity index (χ4v) is 9.24. The number of hydrogen-bond donors (Lipinski definition) is 0. The summed E-state index contributed by atoms with van der Waals surface area (Å²) in [5, 5.41) is 4.55. The molecule has 8 aromatic carbocycles. The van der Waals surface area contributed by atoms with E-state index in [4.69, 9.17) is 26.2 Å². The highest BCUT2D eigenvalue weighted by molar-refractivity contribution is 7.25. The van der Waals surface area contributed by atoms with Crippen LogP contribution in [0.5, 0.6) is 0 Å². The van der Waals surface area contributed by atoms with Crippen LogP contribution in [0.3, 0.4) is 0 Å². The number of fused-ring (bicyclic) bond motifs is 9. The van der Waals surface area contributed by atoms with Gasteiger partial charge in [0, 0.05) is 69.5 Å². The molecule has 0 radical (unpaired) electrons. The molecule has 0 aliphatic heterocycles. The van der Waals surface area contributed by atoms with Crippen LogP contribution in [0.25, 0.3) is 115 Å². The zero-order chi connectivity index (χ0) is 42.7. The highest BCUT2D eigenvalue weighted by atomic mass is 32.1. The van der Waals surface area contributed by atoms with Crippen LogP contribution in [0.1, 0.15) is 8.22 Å². The van der Waals surface area contributed by atoms with Crippen molar-refractivity contribution < 1.29 is 12.6 Å². The quantitative estimate of drug-likeness (QED) is 0.176. The molecule has 57 heavy (non-hydrogen) atoms. The number of thiophene rings is 1. The highest BCUT2D eigenvalue weighted by Crippen LogP contribution is 2.44. The van der Waals surface area contributed by atoms with Gasteiger partial charge in [-0.25, -0.2) is 15.0 Å². The lowest BCUT2D eigenvalue weighted by Gasteiger charge is -2.19. The van der Waals surface area contributed by atoms with E-state index in [2.05, 4.69) is 47.0 Å². The Hall–Kier alpha value is -7.41. The number of aromatic nitrogens is 4.